The molecule has 5 rings (SSSR count). The Hall–Kier alpha value is -2.55. The first kappa shape index (κ1) is 32.0. The molecule has 0 unspecified atom stereocenters. The number of pyridine rings is 1. The van der Waals surface area contributed by atoms with Crippen LogP contribution in [-0.2, 0) is 6.54 Å². The van der Waals surface area contributed by atoms with E-state index in [1.807, 2.05) is 73.7 Å². The summed E-state index contributed by atoms with van der Waals surface area (Å²) in [4.78, 5) is 21.3. The Bertz CT molecular complexity index is 1420. The largest absolute Gasteiger partial charge is 0.496 e. The minimum atomic E-state index is -0.0170. The summed E-state index contributed by atoms with van der Waals surface area (Å²) in [5.41, 5.74) is 3.00. The second kappa shape index (κ2) is 14.4. The SMILES string of the molecule is CNc1ccc(-c2ccc(OC)c(CN(C(=O)c3sc4ccccc4c3Cl)C3CCC(NC)CC3)c2)cn1.Cl.Cl. The number of benzene rings is 2. The molecule has 1 aliphatic carbocycles. The van der Waals surface area contributed by atoms with Gasteiger partial charge in [0.15, 0.2) is 0 Å². The number of aromatic nitrogens is 1. The third kappa shape index (κ3) is 6.67. The summed E-state index contributed by atoms with van der Waals surface area (Å²) < 4.78 is 6.78. The Labute approximate surface area is 257 Å². The van der Waals surface area contributed by atoms with Gasteiger partial charge in [-0.3, -0.25) is 4.79 Å². The molecule has 1 fully saturated rings. The molecule has 0 atom stereocenters. The minimum absolute atomic E-state index is 0. The summed E-state index contributed by atoms with van der Waals surface area (Å²) in [6, 6.07) is 18.7. The molecule has 0 saturated heterocycles. The molecule has 2 aromatic carbocycles. The molecule has 0 spiro atoms. The fourth-order valence-corrected chi connectivity index (χ4v) is 6.77. The number of nitrogens with one attached hydrogen (secondary N) is 2. The molecule has 40 heavy (non-hydrogen) atoms. The third-order valence-electron chi connectivity index (χ3n) is 7.51. The minimum Gasteiger partial charge on any atom is -0.496 e. The molecular weight excluding hydrogens is 587 g/mol. The van der Waals surface area contributed by atoms with Gasteiger partial charge in [0.05, 0.1) is 12.1 Å². The predicted octanol–water partition coefficient (Wildman–Crippen LogP) is 7.68. The number of hydrogen-bond acceptors (Lipinski definition) is 6. The zero-order chi connectivity index (χ0) is 26.6. The van der Waals surface area contributed by atoms with Gasteiger partial charge in [-0.15, -0.1) is 36.2 Å². The Balaban J connectivity index is 0.00000220. The van der Waals surface area contributed by atoms with Crippen LogP contribution in [0.25, 0.3) is 21.2 Å². The number of carbonyl (C=O) groups excluding carboxylic acids is 1. The number of thiophene rings is 1. The maximum Gasteiger partial charge on any atom is 0.266 e. The number of halogens is 3. The van der Waals surface area contributed by atoms with Crippen LogP contribution < -0.4 is 15.4 Å². The molecule has 214 valence electrons. The molecule has 0 bridgehead atoms. The fraction of sp³-hybridized carbons (Fsp3) is 0.333. The molecular formula is C30H35Cl3N4O2S. The Kier molecular flexibility index (Phi) is 11.5. The Morgan fingerprint density at radius 1 is 1.05 bits per heavy atom. The summed E-state index contributed by atoms with van der Waals surface area (Å²) in [5.74, 6) is 1.56. The molecule has 2 aromatic heterocycles. The molecule has 1 amide bonds. The monoisotopic (exact) mass is 620 g/mol. The maximum atomic E-state index is 14.2. The number of carbonyl (C=O) groups is 1. The summed E-state index contributed by atoms with van der Waals surface area (Å²) in [6.45, 7) is 0.442. The van der Waals surface area contributed by atoms with E-state index in [2.05, 4.69) is 21.7 Å². The van der Waals surface area contributed by atoms with Crippen molar-refractivity contribution in [1.29, 1.82) is 0 Å². The van der Waals surface area contributed by atoms with Crippen molar-refractivity contribution >= 4 is 69.6 Å². The molecule has 4 aromatic rings. The average Bonchev–Trinajstić information content (AvgIpc) is 3.32. The molecule has 6 nitrogen and oxygen atoms in total. The Morgan fingerprint density at radius 3 is 2.40 bits per heavy atom. The molecule has 1 saturated carbocycles. The van der Waals surface area contributed by atoms with Crippen molar-refractivity contribution in [2.45, 2.75) is 44.3 Å². The molecule has 2 N–H and O–H groups in total. The molecule has 1 aliphatic rings. The van der Waals surface area contributed by atoms with Gasteiger partial charge < -0.3 is 20.3 Å². The first-order valence-electron chi connectivity index (χ1n) is 13.0. The number of fused-ring (bicyclic) bond motifs is 1. The van der Waals surface area contributed by atoms with E-state index < -0.39 is 0 Å². The van der Waals surface area contributed by atoms with Gasteiger partial charge in [-0.25, -0.2) is 4.98 Å². The van der Waals surface area contributed by atoms with Crippen LogP contribution in [0.1, 0.15) is 40.9 Å². The summed E-state index contributed by atoms with van der Waals surface area (Å²) in [6.07, 6.45) is 5.81. The van der Waals surface area contributed by atoms with Crippen LogP contribution >= 0.6 is 47.8 Å². The van der Waals surface area contributed by atoms with E-state index in [9.17, 15) is 4.79 Å². The third-order valence-corrected chi connectivity index (χ3v) is 9.17. The van der Waals surface area contributed by atoms with Gasteiger partial charge in [-0.2, -0.15) is 0 Å². The highest BCUT2D eigenvalue weighted by Gasteiger charge is 2.32. The van der Waals surface area contributed by atoms with Crippen LogP contribution in [0.2, 0.25) is 5.02 Å². The fourth-order valence-electron chi connectivity index (χ4n) is 5.30. The highest BCUT2D eigenvalue weighted by molar-refractivity contribution is 7.21. The molecule has 2 heterocycles. The second-order valence-corrected chi connectivity index (χ2v) is 11.1. The van der Waals surface area contributed by atoms with Crippen molar-refractivity contribution < 1.29 is 9.53 Å². The van der Waals surface area contributed by atoms with Crippen molar-refractivity contribution in [2.24, 2.45) is 0 Å². The van der Waals surface area contributed by atoms with Crippen LogP contribution in [0.5, 0.6) is 5.75 Å². The summed E-state index contributed by atoms with van der Waals surface area (Å²) >= 11 is 8.26. The van der Waals surface area contributed by atoms with Gasteiger partial charge in [0.1, 0.15) is 16.4 Å². The average molecular weight is 622 g/mol. The quantitative estimate of drug-likeness (QED) is 0.211. The highest BCUT2D eigenvalue weighted by Crippen LogP contribution is 2.38. The van der Waals surface area contributed by atoms with Crippen molar-refractivity contribution in [2.75, 3.05) is 26.5 Å². The van der Waals surface area contributed by atoms with Crippen molar-refractivity contribution in [3.8, 4) is 16.9 Å². The molecule has 0 aliphatic heterocycles. The number of hydrogen-bond donors (Lipinski definition) is 2. The van der Waals surface area contributed by atoms with Crippen LogP contribution in [0.15, 0.2) is 60.8 Å². The zero-order valence-corrected chi connectivity index (χ0v) is 26.0. The first-order chi connectivity index (χ1) is 18.5. The van der Waals surface area contributed by atoms with E-state index in [-0.39, 0.29) is 36.8 Å². The summed E-state index contributed by atoms with van der Waals surface area (Å²) in [7, 11) is 5.54. The van der Waals surface area contributed by atoms with E-state index in [4.69, 9.17) is 16.3 Å². The number of methoxy groups -OCH3 is 1. The lowest BCUT2D eigenvalue weighted by Crippen LogP contribution is -2.44. The standard InChI is InChI=1S/C30H33ClN4O2S.2ClH/c1-32-22-10-12-23(13-11-22)35(30(36)29-28(31)24-6-4-5-7-26(24)38-29)18-21-16-19(8-14-25(21)37-3)20-9-15-27(33-2)34-17-20;;/h4-9,14-17,22-23,32H,10-13,18H2,1-3H3,(H,33,34);2*1H. The highest BCUT2D eigenvalue weighted by atomic mass is 35.5. The molecule has 0 radical (unpaired) electrons. The van der Waals surface area contributed by atoms with Gasteiger partial charge in [0.2, 0.25) is 0 Å². The maximum absolute atomic E-state index is 14.2. The van der Waals surface area contributed by atoms with Crippen LogP contribution in [0, 0.1) is 0 Å². The zero-order valence-electron chi connectivity index (χ0n) is 22.8. The van der Waals surface area contributed by atoms with E-state index in [0.717, 1.165) is 64.0 Å². The van der Waals surface area contributed by atoms with Crippen LogP contribution in [-0.4, -0.2) is 49.1 Å². The van der Waals surface area contributed by atoms with Gasteiger partial charge in [0, 0.05) is 53.1 Å². The predicted molar refractivity (Wildman–Crippen MR) is 172 cm³/mol. The number of amides is 1. The van der Waals surface area contributed by atoms with Crippen LogP contribution in [0.4, 0.5) is 5.82 Å². The van der Waals surface area contributed by atoms with Gasteiger partial charge >= 0.3 is 0 Å². The van der Waals surface area contributed by atoms with E-state index >= 15 is 0 Å². The van der Waals surface area contributed by atoms with E-state index in [1.165, 1.54) is 11.3 Å². The number of ether oxygens (including phenoxy) is 1. The lowest BCUT2D eigenvalue weighted by molar-refractivity contribution is 0.0604. The van der Waals surface area contributed by atoms with Gasteiger partial charge in [0.25, 0.3) is 5.91 Å². The second-order valence-electron chi connectivity index (χ2n) is 9.68. The van der Waals surface area contributed by atoms with Gasteiger partial charge in [-0.1, -0.05) is 35.9 Å². The van der Waals surface area contributed by atoms with Crippen molar-refractivity contribution in [1.82, 2.24) is 15.2 Å². The van der Waals surface area contributed by atoms with Gasteiger partial charge in [-0.05, 0) is 68.6 Å². The summed E-state index contributed by atoms with van der Waals surface area (Å²) in [5, 5.41) is 7.93. The number of rotatable bonds is 8. The van der Waals surface area contributed by atoms with Crippen molar-refractivity contribution in [3.63, 3.8) is 0 Å². The smallest absolute Gasteiger partial charge is 0.266 e. The van der Waals surface area contributed by atoms with Crippen molar-refractivity contribution in [3.05, 3.63) is 76.3 Å². The Morgan fingerprint density at radius 2 is 1.77 bits per heavy atom. The number of nitrogens with zero attached hydrogens (tertiary/aromatic N) is 2. The molecule has 10 heteroatoms. The number of anilines is 1. The van der Waals surface area contributed by atoms with E-state index in [1.54, 1.807) is 7.11 Å². The lowest BCUT2D eigenvalue weighted by Gasteiger charge is -2.37. The first-order valence-corrected chi connectivity index (χ1v) is 14.2. The topological polar surface area (TPSA) is 66.5 Å². The normalized spacial score (nSPS) is 16.5. The van der Waals surface area contributed by atoms with E-state index in [0.29, 0.717) is 22.5 Å². The van der Waals surface area contributed by atoms with Crippen LogP contribution in [0.3, 0.4) is 0 Å². The lowest BCUT2D eigenvalue weighted by atomic mass is 9.89.